The van der Waals surface area contributed by atoms with Crippen molar-refractivity contribution in [3.05, 3.63) is 105 Å². The number of hydrogen-bond donors (Lipinski definition) is 1. The van der Waals surface area contributed by atoms with E-state index in [1.54, 1.807) is 12.1 Å². The van der Waals surface area contributed by atoms with Crippen molar-refractivity contribution in [2.75, 3.05) is 5.32 Å². The van der Waals surface area contributed by atoms with E-state index >= 15 is 0 Å². The molecule has 1 atom stereocenters. The molecular weight excluding hydrogens is 352 g/mol. The smallest absolute Gasteiger partial charge is 0.271 e. The van der Waals surface area contributed by atoms with Gasteiger partial charge in [-0.2, -0.15) is 0 Å². The molecule has 3 rings (SSSR count). The summed E-state index contributed by atoms with van der Waals surface area (Å²) in [5.74, 6) is 0.0171. The normalized spacial score (nSPS) is 11.6. The SMILES string of the molecule is Cc1ccc(C(=O)CC(Nc2cccc([N+](=O)[O-])c2)c2ccc(C)cc2)cc1. The third kappa shape index (κ3) is 4.82. The molecule has 5 heteroatoms. The average Bonchev–Trinajstić information content (AvgIpc) is 2.68. The second-order valence-electron chi connectivity index (χ2n) is 6.91. The summed E-state index contributed by atoms with van der Waals surface area (Å²) in [6.07, 6.45) is 0.245. The number of carbonyl (C=O) groups is 1. The fourth-order valence-electron chi connectivity index (χ4n) is 3.00. The first kappa shape index (κ1) is 19.3. The Kier molecular flexibility index (Phi) is 5.84. The van der Waals surface area contributed by atoms with Gasteiger partial charge in [0.2, 0.25) is 0 Å². The van der Waals surface area contributed by atoms with Crippen LogP contribution in [-0.2, 0) is 0 Å². The van der Waals surface area contributed by atoms with Crippen molar-refractivity contribution in [1.82, 2.24) is 0 Å². The van der Waals surface area contributed by atoms with Crippen LogP contribution in [0, 0.1) is 24.0 Å². The fourth-order valence-corrected chi connectivity index (χ4v) is 3.00. The second-order valence-corrected chi connectivity index (χ2v) is 6.91. The largest absolute Gasteiger partial charge is 0.378 e. The molecule has 0 saturated heterocycles. The van der Waals surface area contributed by atoms with E-state index in [9.17, 15) is 14.9 Å². The number of hydrogen-bond acceptors (Lipinski definition) is 4. The molecule has 28 heavy (non-hydrogen) atoms. The molecule has 0 amide bonds. The molecule has 0 radical (unpaired) electrons. The number of carbonyl (C=O) groups excluding carboxylic acids is 1. The third-order valence-corrected chi connectivity index (χ3v) is 4.64. The number of anilines is 1. The second kappa shape index (κ2) is 8.48. The predicted octanol–water partition coefficient (Wildman–Crippen LogP) is 5.64. The highest BCUT2D eigenvalue weighted by Crippen LogP contribution is 2.27. The number of rotatable bonds is 7. The van der Waals surface area contributed by atoms with Crippen LogP contribution in [0.1, 0.15) is 39.5 Å². The van der Waals surface area contributed by atoms with Gasteiger partial charge in [0.25, 0.3) is 5.69 Å². The Morgan fingerprint density at radius 2 is 1.57 bits per heavy atom. The van der Waals surface area contributed by atoms with Crippen molar-refractivity contribution in [3.63, 3.8) is 0 Å². The van der Waals surface area contributed by atoms with Crippen molar-refractivity contribution in [3.8, 4) is 0 Å². The zero-order valence-electron chi connectivity index (χ0n) is 15.9. The molecule has 0 heterocycles. The predicted molar refractivity (Wildman–Crippen MR) is 111 cm³/mol. The van der Waals surface area contributed by atoms with E-state index in [4.69, 9.17) is 0 Å². The highest BCUT2D eigenvalue weighted by molar-refractivity contribution is 5.96. The number of aryl methyl sites for hydroxylation is 2. The van der Waals surface area contributed by atoms with E-state index in [-0.39, 0.29) is 23.9 Å². The number of non-ortho nitro benzene ring substituents is 1. The molecule has 1 unspecified atom stereocenters. The first-order valence-electron chi connectivity index (χ1n) is 9.10. The lowest BCUT2D eigenvalue weighted by Crippen LogP contribution is -2.16. The number of nitrogens with one attached hydrogen (secondary N) is 1. The molecule has 1 N–H and O–H groups in total. The summed E-state index contributed by atoms with van der Waals surface area (Å²) in [6.45, 7) is 3.98. The molecule has 0 spiro atoms. The summed E-state index contributed by atoms with van der Waals surface area (Å²) in [5.41, 5.74) is 4.46. The fraction of sp³-hybridized carbons (Fsp3) is 0.174. The van der Waals surface area contributed by atoms with Crippen LogP contribution in [0.2, 0.25) is 0 Å². The van der Waals surface area contributed by atoms with E-state index in [0.29, 0.717) is 11.3 Å². The molecule has 3 aromatic rings. The summed E-state index contributed by atoms with van der Waals surface area (Å²) >= 11 is 0. The van der Waals surface area contributed by atoms with Gasteiger partial charge in [-0.05, 0) is 25.5 Å². The minimum absolute atomic E-state index is 0.0116. The third-order valence-electron chi connectivity index (χ3n) is 4.64. The van der Waals surface area contributed by atoms with E-state index in [2.05, 4.69) is 5.32 Å². The van der Waals surface area contributed by atoms with Crippen LogP contribution >= 0.6 is 0 Å². The number of nitro groups is 1. The van der Waals surface area contributed by atoms with Gasteiger partial charge in [0, 0.05) is 29.8 Å². The van der Waals surface area contributed by atoms with E-state index < -0.39 is 4.92 Å². The highest BCUT2D eigenvalue weighted by atomic mass is 16.6. The Morgan fingerprint density at radius 3 is 2.18 bits per heavy atom. The van der Waals surface area contributed by atoms with Gasteiger partial charge < -0.3 is 5.32 Å². The van der Waals surface area contributed by atoms with Crippen LogP contribution in [0.25, 0.3) is 0 Å². The number of nitro benzene ring substituents is 1. The van der Waals surface area contributed by atoms with Crippen molar-refractivity contribution in [1.29, 1.82) is 0 Å². The summed E-state index contributed by atoms with van der Waals surface area (Å²) in [5, 5.41) is 14.4. The van der Waals surface area contributed by atoms with Crippen LogP contribution in [0.4, 0.5) is 11.4 Å². The maximum atomic E-state index is 12.8. The first-order valence-corrected chi connectivity index (χ1v) is 9.10. The summed E-state index contributed by atoms with van der Waals surface area (Å²) in [4.78, 5) is 23.5. The summed E-state index contributed by atoms with van der Waals surface area (Å²) in [7, 11) is 0. The molecule has 142 valence electrons. The first-order chi connectivity index (χ1) is 13.4. The minimum Gasteiger partial charge on any atom is -0.378 e. The molecule has 0 aromatic heterocycles. The molecule has 0 fully saturated rings. The number of benzene rings is 3. The van der Waals surface area contributed by atoms with Crippen LogP contribution in [0.5, 0.6) is 0 Å². The highest BCUT2D eigenvalue weighted by Gasteiger charge is 2.18. The standard InChI is InChI=1S/C23H22N2O3/c1-16-6-10-18(11-7-16)22(15-23(26)19-12-8-17(2)9-13-19)24-20-4-3-5-21(14-20)25(27)28/h3-14,22,24H,15H2,1-2H3. The monoisotopic (exact) mass is 374 g/mol. The van der Waals surface area contributed by atoms with Crippen molar-refractivity contribution < 1.29 is 9.72 Å². The molecule has 5 nitrogen and oxygen atoms in total. The molecule has 0 saturated carbocycles. The van der Waals surface area contributed by atoms with Crippen molar-refractivity contribution in [2.24, 2.45) is 0 Å². The molecule has 0 aliphatic heterocycles. The van der Waals surface area contributed by atoms with Gasteiger partial charge in [0.1, 0.15) is 0 Å². The van der Waals surface area contributed by atoms with Crippen LogP contribution < -0.4 is 5.32 Å². The molecule has 0 aliphatic rings. The Labute approximate surface area is 164 Å². The quantitative estimate of drug-likeness (QED) is 0.330. The van der Waals surface area contributed by atoms with Gasteiger partial charge in [0.05, 0.1) is 11.0 Å². The maximum absolute atomic E-state index is 12.8. The van der Waals surface area contributed by atoms with Gasteiger partial charge in [0.15, 0.2) is 5.78 Å². The van der Waals surface area contributed by atoms with E-state index in [1.807, 2.05) is 62.4 Å². The lowest BCUT2D eigenvalue weighted by Gasteiger charge is -2.20. The lowest BCUT2D eigenvalue weighted by molar-refractivity contribution is -0.384. The molecule has 0 bridgehead atoms. The summed E-state index contributed by atoms with van der Waals surface area (Å²) in [6, 6.07) is 21.5. The molecule has 3 aromatic carbocycles. The molecular formula is C23H22N2O3. The van der Waals surface area contributed by atoms with Crippen LogP contribution in [0.3, 0.4) is 0 Å². The van der Waals surface area contributed by atoms with Crippen LogP contribution in [-0.4, -0.2) is 10.7 Å². The van der Waals surface area contributed by atoms with Gasteiger partial charge in [-0.3, -0.25) is 14.9 Å². The van der Waals surface area contributed by atoms with Gasteiger partial charge in [-0.25, -0.2) is 0 Å². The summed E-state index contributed by atoms with van der Waals surface area (Å²) < 4.78 is 0. The van der Waals surface area contributed by atoms with Crippen molar-refractivity contribution in [2.45, 2.75) is 26.3 Å². The number of Topliss-reactive ketones (excluding diaryl/α,β-unsaturated/α-hetero) is 1. The van der Waals surface area contributed by atoms with Crippen LogP contribution in [0.15, 0.2) is 72.8 Å². The minimum atomic E-state index is -0.427. The number of ketones is 1. The number of nitrogens with zero attached hydrogens (tertiary/aromatic N) is 1. The Bertz CT molecular complexity index is 979. The zero-order chi connectivity index (χ0) is 20.1. The van der Waals surface area contributed by atoms with E-state index in [0.717, 1.165) is 16.7 Å². The Balaban J connectivity index is 1.87. The van der Waals surface area contributed by atoms with Gasteiger partial charge in [-0.1, -0.05) is 65.7 Å². The lowest BCUT2D eigenvalue weighted by atomic mass is 9.96. The average molecular weight is 374 g/mol. The Hall–Kier alpha value is -3.47. The van der Waals surface area contributed by atoms with E-state index in [1.165, 1.54) is 12.1 Å². The topological polar surface area (TPSA) is 72.2 Å². The maximum Gasteiger partial charge on any atom is 0.271 e. The van der Waals surface area contributed by atoms with Crippen molar-refractivity contribution >= 4 is 17.2 Å². The Morgan fingerprint density at radius 1 is 0.964 bits per heavy atom. The molecule has 0 aliphatic carbocycles. The zero-order valence-corrected chi connectivity index (χ0v) is 15.9. The van der Waals surface area contributed by atoms with Gasteiger partial charge in [-0.15, -0.1) is 0 Å². The van der Waals surface area contributed by atoms with Gasteiger partial charge >= 0.3 is 0 Å².